The Morgan fingerprint density at radius 2 is 2.05 bits per heavy atom. The van der Waals surface area contributed by atoms with E-state index in [1.807, 2.05) is 32.0 Å². The Kier molecular flexibility index (Phi) is 4.63. The number of aryl methyl sites for hydroxylation is 2. The zero-order valence-corrected chi connectivity index (χ0v) is 13.1. The van der Waals surface area contributed by atoms with E-state index in [-0.39, 0.29) is 11.9 Å². The first-order valence-electron chi connectivity index (χ1n) is 7.22. The van der Waals surface area contributed by atoms with Crippen LogP contribution < -0.4 is 10.6 Å². The van der Waals surface area contributed by atoms with Crippen LogP contribution in [0.2, 0.25) is 0 Å². The monoisotopic (exact) mass is 290 g/mol. The molecule has 1 atom stereocenters. The van der Waals surface area contributed by atoms with Crippen LogP contribution >= 0.6 is 0 Å². The third kappa shape index (κ3) is 3.08. The number of hydrogen-bond acceptors (Lipinski definition) is 3. The van der Waals surface area contributed by atoms with E-state index in [0.29, 0.717) is 5.69 Å². The highest BCUT2D eigenvalue weighted by molar-refractivity contribution is 5.64. The van der Waals surface area contributed by atoms with Gasteiger partial charge in [-0.25, -0.2) is 4.39 Å². The molecule has 1 aromatic carbocycles. The van der Waals surface area contributed by atoms with Crippen LogP contribution in [0.5, 0.6) is 0 Å². The van der Waals surface area contributed by atoms with Crippen molar-refractivity contribution in [2.45, 2.75) is 32.7 Å². The Hall–Kier alpha value is -1.88. The minimum Gasteiger partial charge on any atom is -0.327 e. The van der Waals surface area contributed by atoms with Crippen molar-refractivity contribution in [1.29, 1.82) is 0 Å². The maximum atomic E-state index is 14.0. The largest absolute Gasteiger partial charge is 0.327 e. The van der Waals surface area contributed by atoms with E-state index < -0.39 is 0 Å². The lowest BCUT2D eigenvalue weighted by Crippen LogP contribution is -2.24. The maximum Gasteiger partial charge on any atom is 0.146 e. The minimum absolute atomic E-state index is 0.0840. The summed E-state index contributed by atoms with van der Waals surface area (Å²) in [5, 5.41) is 4.47. The topological polar surface area (TPSA) is 47.1 Å². The first-order chi connectivity index (χ1) is 9.95. The molecule has 114 valence electrons. The Labute approximate surface area is 125 Å². The number of aromatic nitrogens is 2. The quantitative estimate of drug-likeness (QED) is 0.921. The van der Waals surface area contributed by atoms with E-state index in [4.69, 9.17) is 5.73 Å². The van der Waals surface area contributed by atoms with Crippen LogP contribution in [0, 0.1) is 12.7 Å². The standard InChI is InChI=1S/C16H23FN4/c1-5-12(18)10-13-11(2)19-21(4)16(13)20(3)15-9-7-6-8-14(15)17/h6-9,12H,5,10,18H2,1-4H3. The Morgan fingerprint density at radius 3 is 2.67 bits per heavy atom. The van der Waals surface area contributed by atoms with E-state index in [9.17, 15) is 4.39 Å². The van der Waals surface area contributed by atoms with E-state index >= 15 is 0 Å². The summed E-state index contributed by atoms with van der Waals surface area (Å²) >= 11 is 0. The molecule has 0 fully saturated rings. The van der Waals surface area contributed by atoms with Gasteiger partial charge in [0.05, 0.1) is 11.4 Å². The molecule has 0 aliphatic carbocycles. The van der Waals surface area contributed by atoms with E-state index in [0.717, 1.165) is 29.9 Å². The van der Waals surface area contributed by atoms with Crippen LogP contribution in [0.3, 0.4) is 0 Å². The highest BCUT2D eigenvalue weighted by Gasteiger charge is 2.21. The number of halogens is 1. The number of benzene rings is 1. The summed E-state index contributed by atoms with van der Waals surface area (Å²) in [5.74, 6) is 0.645. The van der Waals surface area contributed by atoms with Gasteiger partial charge in [0, 0.05) is 25.7 Å². The van der Waals surface area contributed by atoms with E-state index in [1.54, 1.807) is 16.8 Å². The third-order valence-corrected chi connectivity index (χ3v) is 3.84. The second-order valence-electron chi connectivity index (χ2n) is 5.39. The molecule has 1 aromatic heterocycles. The maximum absolute atomic E-state index is 14.0. The summed E-state index contributed by atoms with van der Waals surface area (Å²) in [6.45, 7) is 4.03. The molecule has 0 bridgehead atoms. The van der Waals surface area contributed by atoms with Crippen molar-refractivity contribution in [1.82, 2.24) is 9.78 Å². The molecule has 2 N–H and O–H groups in total. The third-order valence-electron chi connectivity index (χ3n) is 3.84. The summed E-state index contributed by atoms with van der Waals surface area (Å²) < 4.78 is 15.8. The lowest BCUT2D eigenvalue weighted by Gasteiger charge is -2.22. The normalized spacial score (nSPS) is 12.5. The fraction of sp³-hybridized carbons (Fsp3) is 0.438. The smallest absolute Gasteiger partial charge is 0.146 e. The first kappa shape index (κ1) is 15.5. The van der Waals surface area contributed by atoms with Gasteiger partial charge in [0.15, 0.2) is 0 Å². The molecular weight excluding hydrogens is 267 g/mol. The molecule has 0 spiro atoms. The molecule has 21 heavy (non-hydrogen) atoms. The van der Waals surface area contributed by atoms with Crippen LogP contribution in [0.25, 0.3) is 0 Å². The van der Waals surface area contributed by atoms with Gasteiger partial charge >= 0.3 is 0 Å². The molecule has 2 aromatic rings. The summed E-state index contributed by atoms with van der Waals surface area (Å²) in [4.78, 5) is 1.84. The van der Waals surface area contributed by atoms with Gasteiger partial charge < -0.3 is 10.6 Å². The summed E-state index contributed by atoms with van der Waals surface area (Å²) in [6, 6.07) is 6.83. The van der Waals surface area contributed by atoms with Crippen LogP contribution in [-0.4, -0.2) is 22.9 Å². The molecule has 1 unspecified atom stereocenters. The summed E-state index contributed by atoms with van der Waals surface area (Å²) in [5.41, 5.74) is 8.65. The van der Waals surface area contributed by atoms with Crippen molar-refractivity contribution in [3.63, 3.8) is 0 Å². The van der Waals surface area contributed by atoms with Gasteiger partial charge in [0.2, 0.25) is 0 Å². The molecule has 0 amide bonds. The molecule has 0 aliphatic heterocycles. The second-order valence-corrected chi connectivity index (χ2v) is 5.39. The fourth-order valence-corrected chi connectivity index (χ4v) is 2.59. The van der Waals surface area contributed by atoms with Gasteiger partial charge in [-0.1, -0.05) is 19.1 Å². The number of hydrogen-bond donors (Lipinski definition) is 1. The van der Waals surface area contributed by atoms with Crippen molar-refractivity contribution in [2.75, 3.05) is 11.9 Å². The van der Waals surface area contributed by atoms with Gasteiger partial charge in [-0.15, -0.1) is 0 Å². The Bertz CT molecular complexity index is 621. The van der Waals surface area contributed by atoms with Gasteiger partial charge in [-0.3, -0.25) is 4.68 Å². The van der Waals surface area contributed by atoms with Crippen molar-refractivity contribution in [2.24, 2.45) is 12.8 Å². The Balaban J connectivity index is 2.45. The molecule has 2 rings (SSSR count). The van der Waals surface area contributed by atoms with Crippen molar-refractivity contribution >= 4 is 11.5 Å². The summed E-state index contributed by atoms with van der Waals surface area (Å²) in [6.07, 6.45) is 1.64. The van der Waals surface area contributed by atoms with Gasteiger partial charge in [0.1, 0.15) is 11.6 Å². The highest BCUT2D eigenvalue weighted by atomic mass is 19.1. The molecule has 0 saturated heterocycles. The molecule has 5 heteroatoms. The van der Waals surface area contributed by atoms with Gasteiger partial charge in [0.25, 0.3) is 0 Å². The Morgan fingerprint density at radius 1 is 1.38 bits per heavy atom. The lowest BCUT2D eigenvalue weighted by molar-refractivity contribution is 0.624. The van der Waals surface area contributed by atoms with Crippen molar-refractivity contribution in [3.8, 4) is 0 Å². The number of rotatable bonds is 5. The zero-order valence-electron chi connectivity index (χ0n) is 13.1. The van der Waals surface area contributed by atoms with Crippen molar-refractivity contribution < 1.29 is 4.39 Å². The number of para-hydroxylation sites is 1. The SMILES string of the molecule is CCC(N)Cc1c(C)nn(C)c1N(C)c1ccccc1F. The number of anilines is 2. The second kappa shape index (κ2) is 6.26. The lowest BCUT2D eigenvalue weighted by atomic mass is 10.0. The van der Waals surface area contributed by atoms with Gasteiger partial charge in [-0.2, -0.15) is 5.10 Å². The fourth-order valence-electron chi connectivity index (χ4n) is 2.59. The van der Waals surface area contributed by atoms with Crippen LogP contribution in [0.4, 0.5) is 15.9 Å². The molecule has 0 radical (unpaired) electrons. The van der Waals surface area contributed by atoms with E-state index in [2.05, 4.69) is 12.0 Å². The highest BCUT2D eigenvalue weighted by Crippen LogP contribution is 2.31. The first-order valence-corrected chi connectivity index (χ1v) is 7.22. The molecule has 0 saturated carbocycles. The number of nitrogens with two attached hydrogens (primary N) is 1. The van der Waals surface area contributed by atoms with Crippen LogP contribution in [0.15, 0.2) is 24.3 Å². The van der Waals surface area contributed by atoms with Crippen LogP contribution in [-0.2, 0) is 13.5 Å². The average Bonchev–Trinajstić information content (AvgIpc) is 2.73. The van der Waals surface area contributed by atoms with Crippen LogP contribution in [0.1, 0.15) is 24.6 Å². The number of nitrogens with zero attached hydrogens (tertiary/aromatic N) is 3. The average molecular weight is 290 g/mol. The zero-order chi connectivity index (χ0) is 15.6. The van der Waals surface area contributed by atoms with Crippen molar-refractivity contribution in [3.05, 3.63) is 41.3 Å². The molecular formula is C16H23FN4. The summed E-state index contributed by atoms with van der Waals surface area (Å²) in [7, 11) is 3.73. The molecule has 1 heterocycles. The molecule has 4 nitrogen and oxygen atoms in total. The predicted octanol–water partition coefficient (Wildman–Crippen LogP) is 2.92. The van der Waals surface area contributed by atoms with Gasteiger partial charge in [-0.05, 0) is 31.9 Å². The van der Waals surface area contributed by atoms with E-state index in [1.165, 1.54) is 6.07 Å². The predicted molar refractivity (Wildman–Crippen MR) is 84.4 cm³/mol. The minimum atomic E-state index is -0.246. The molecule has 0 aliphatic rings.